The van der Waals surface area contributed by atoms with Gasteiger partial charge in [0.1, 0.15) is 11.5 Å². The number of carbonyl (C=O) groups is 3. The van der Waals surface area contributed by atoms with Gasteiger partial charge in [-0.05, 0) is 55.8 Å². The molecule has 2 rings (SSSR count). The molecule has 10 heteroatoms. The molecular formula is C21H21F3N2O5. The van der Waals surface area contributed by atoms with E-state index < -0.39 is 24.6 Å². The summed E-state index contributed by atoms with van der Waals surface area (Å²) in [6, 6.07) is 9.08. The second-order valence-electron chi connectivity index (χ2n) is 6.47. The third-order valence-electron chi connectivity index (χ3n) is 3.85. The molecule has 7 nitrogen and oxygen atoms in total. The first-order valence-electron chi connectivity index (χ1n) is 9.30. The number of alkyl halides is 3. The van der Waals surface area contributed by atoms with Crippen molar-refractivity contribution < 1.29 is 37.0 Å². The third-order valence-corrected chi connectivity index (χ3v) is 3.85. The maximum absolute atomic E-state index is 12.2. The van der Waals surface area contributed by atoms with Crippen LogP contribution in [0.3, 0.4) is 0 Å². The highest BCUT2D eigenvalue weighted by molar-refractivity contribution is 5.99. The van der Waals surface area contributed by atoms with Crippen molar-refractivity contribution in [1.82, 2.24) is 0 Å². The summed E-state index contributed by atoms with van der Waals surface area (Å²) in [6.07, 6.45) is -3.78. The molecule has 0 saturated heterocycles. The SMILES string of the molecule is CCCC(=O)Nc1ccc(OCC(=O)Nc2ccc(OC(F)(F)F)cc2)c(C(C)=O)c1. The van der Waals surface area contributed by atoms with Crippen molar-refractivity contribution in [1.29, 1.82) is 0 Å². The van der Waals surface area contributed by atoms with Crippen LogP contribution >= 0.6 is 0 Å². The first-order valence-corrected chi connectivity index (χ1v) is 9.30. The molecule has 2 aromatic carbocycles. The van der Waals surface area contributed by atoms with E-state index in [1.165, 1.54) is 31.2 Å². The van der Waals surface area contributed by atoms with Crippen LogP contribution in [0.15, 0.2) is 42.5 Å². The Morgan fingerprint density at radius 3 is 2.13 bits per heavy atom. The van der Waals surface area contributed by atoms with Crippen LogP contribution in [0.4, 0.5) is 24.5 Å². The van der Waals surface area contributed by atoms with E-state index in [1.807, 2.05) is 6.92 Å². The van der Waals surface area contributed by atoms with Crippen molar-refractivity contribution in [3.05, 3.63) is 48.0 Å². The number of Topliss-reactive ketones (excluding diaryl/α,β-unsaturated/α-hetero) is 1. The van der Waals surface area contributed by atoms with Crippen LogP contribution in [-0.2, 0) is 9.59 Å². The van der Waals surface area contributed by atoms with Crippen LogP contribution in [-0.4, -0.2) is 30.6 Å². The molecule has 0 unspecified atom stereocenters. The molecule has 0 radical (unpaired) electrons. The molecule has 0 heterocycles. The predicted molar refractivity (Wildman–Crippen MR) is 107 cm³/mol. The monoisotopic (exact) mass is 438 g/mol. The fourth-order valence-electron chi connectivity index (χ4n) is 2.54. The van der Waals surface area contributed by atoms with E-state index in [4.69, 9.17) is 4.74 Å². The molecule has 0 spiro atoms. The second-order valence-corrected chi connectivity index (χ2v) is 6.47. The van der Waals surface area contributed by atoms with Crippen LogP contribution in [0.25, 0.3) is 0 Å². The number of ether oxygens (including phenoxy) is 2. The van der Waals surface area contributed by atoms with Gasteiger partial charge in [0.25, 0.3) is 5.91 Å². The van der Waals surface area contributed by atoms with Crippen molar-refractivity contribution in [2.45, 2.75) is 33.1 Å². The van der Waals surface area contributed by atoms with E-state index in [9.17, 15) is 27.6 Å². The van der Waals surface area contributed by atoms with Crippen molar-refractivity contribution in [3.63, 3.8) is 0 Å². The molecule has 0 saturated carbocycles. The van der Waals surface area contributed by atoms with E-state index in [0.29, 0.717) is 18.5 Å². The lowest BCUT2D eigenvalue weighted by molar-refractivity contribution is -0.274. The Morgan fingerprint density at radius 1 is 0.935 bits per heavy atom. The van der Waals surface area contributed by atoms with Crippen molar-refractivity contribution in [2.75, 3.05) is 17.2 Å². The lowest BCUT2D eigenvalue weighted by Crippen LogP contribution is -2.21. The van der Waals surface area contributed by atoms with E-state index in [1.54, 1.807) is 6.07 Å². The van der Waals surface area contributed by atoms with Gasteiger partial charge in [0.15, 0.2) is 12.4 Å². The summed E-state index contributed by atoms with van der Waals surface area (Å²) in [7, 11) is 0. The smallest absolute Gasteiger partial charge is 0.483 e. The average Bonchev–Trinajstić information content (AvgIpc) is 2.67. The van der Waals surface area contributed by atoms with Crippen LogP contribution in [0, 0.1) is 0 Å². The Morgan fingerprint density at radius 2 is 1.55 bits per heavy atom. The Bertz CT molecular complexity index is 943. The minimum atomic E-state index is -4.80. The van der Waals surface area contributed by atoms with Gasteiger partial charge >= 0.3 is 6.36 Å². The molecule has 2 aromatic rings. The molecule has 166 valence electrons. The van der Waals surface area contributed by atoms with Crippen molar-refractivity contribution >= 4 is 29.0 Å². The third kappa shape index (κ3) is 8.00. The highest BCUT2D eigenvalue weighted by Gasteiger charge is 2.31. The lowest BCUT2D eigenvalue weighted by atomic mass is 10.1. The summed E-state index contributed by atoms with van der Waals surface area (Å²) in [5, 5.41) is 5.13. The number of halogens is 3. The Labute approximate surface area is 176 Å². The quantitative estimate of drug-likeness (QED) is 0.561. The van der Waals surface area contributed by atoms with Gasteiger partial charge in [0.05, 0.1) is 5.56 Å². The number of hydrogen-bond acceptors (Lipinski definition) is 5. The summed E-state index contributed by atoms with van der Waals surface area (Å²) < 4.78 is 45.7. The number of rotatable bonds is 9. The topological polar surface area (TPSA) is 93.7 Å². The molecule has 0 atom stereocenters. The van der Waals surface area contributed by atoms with E-state index in [0.717, 1.165) is 12.1 Å². The minimum absolute atomic E-state index is 0.157. The standard InChI is InChI=1S/C21H21F3N2O5/c1-3-4-19(28)26-15-7-10-18(17(11-15)13(2)27)30-12-20(29)25-14-5-8-16(9-6-14)31-21(22,23)24/h5-11H,3-4,12H2,1-2H3,(H,25,29)(H,26,28). The predicted octanol–water partition coefficient (Wildman–Crippen LogP) is 4.54. The molecule has 0 aromatic heterocycles. The number of carbonyl (C=O) groups excluding carboxylic acids is 3. The Balaban J connectivity index is 1.97. The zero-order valence-electron chi connectivity index (χ0n) is 16.8. The largest absolute Gasteiger partial charge is 0.573 e. The van der Waals surface area contributed by atoms with E-state index >= 15 is 0 Å². The molecule has 0 fully saturated rings. The summed E-state index contributed by atoms with van der Waals surface area (Å²) >= 11 is 0. The number of ketones is 1. The molecule has 0 aliphatic carbocycles. The van der Waals surface area contributed by atoms with Gasteiger partial charge in [-0.1, -0.05) is 6.92 Å². The Kier molecular flexibility index (Phi) is 8.00. The van der Waals surface area contributed by atoms with Gasteiger partial charge in [-0.15, -0.1) is 13.2 Å². The van der Waals surface area contributed by atoms with Gasteiger partial charge < -0.3 is 20.1 Å². The Hall–Kier alpha value is -3.56. The first-order chi connectivity index (χ1) is 14.6. The van der Waals surface area contributed by atoms with Crippen LogP contribution < -0.4 is 20.1 Å². The second kappa shape index (κ2) is 10.5. The van der Waals surface area contributed by atoms with Crippen molar-refractivity contribution in [3.8, 4) is 11.5 Å². The highest BCUT2D eigenvalue weighted by atomic mass is 19.4. The normalized spacial score (nSPS) is 10.9. The van der Waals surface area contributed by atoms with Gasteiger partial charge in [-0.2, -0.15) is 0 Å². The number of amides is 2. The summed E-state index contributed by atoms with van der Waals surface area (Å²) in [6.45, 7) is 2.75. The average molecular weight is 438 g/mol. The van der Waals surface area contributed by atoms with Gasteiger partial charge in [0, 0.05) is 17.8 Å². The zero-order chi connectivity index (χ0) is 23.0. The fourth-order valence-corrected chi connectivity index (χ4v) is 2.54. The summed E-state index contributed by atoms with van der Waals surface area (Å²) in [4.78, 5) is 35.7. The number of hydrogen-bond donors (Lipinski definition) is 2. The van der Waals surface area contributed by atoms with E-state index in [-0.39, 0.29) is 28.7 Å². The maximum atomic E-state index is 12.2. The lowest BCUT2D eigenvalue weighted by Gasteiger charge is -2.13. The number of anilines is 2. The fraction of sp³-hybridized carbons (Fsp3) is 0.286. The molecule has 2 N–H and O–H groups in total. The summed E-state index contributed by atoms with van der Waals surface area (Å²) in [5.74, 6) is -1.35. The maximum Gasteiger partial charge on any atom is 0.573 e. The van der Waals surface area contributed by atoms with Gasteiger partial charge in [-0.3, -0.25) is 14.4 Å². The van der Waals surface area contributed by atoms with Gasteiger partial charge in [0.2, 0.25) is 5.91 Å². The molecule has 0 aliphatic rings. The first kappa shape index (κ1) is 23.7. The molecule has 0 bridgehead atoms. The molecular weight excluding hydrogens is 417 g/mol. The van der Waals surface area contributed by atoms with Crippen LogP contribution in [0.2, 0.25) is 0 Å². The van der Waals surface area contributed by atoms with Gasteiger partial charge in [-0.25, -0.2) is 0 Å². The molecule has 0 aliphatic heterocycles. The number of benzene rings is 2. The highest BCUT2D eigenvalue weighted by Crippen LogP contribution is 2.25. The summed E-state index contributed by atoms with van der Waals surface area (Å²) in [5.41, 5.74) is 0.862. The minimum Gasteiger partial charge on any atom is -0.483 e. The van der Waals surface area contributed by atoms with E-state index in [2.05, 4.69) is 15.4 Å². The zero-order valence-corrected chi connectivity index (χ0v) is 16.8. The van der Waals surface area contributed by atoms with Crippen LogP contribution in [0.1, 0.15) is 37.0 Å². The molecule has 31 heavy (non-hydrogen) atoms. The molecule has 2 amide bonds. The number of nitrogens with one attached hydrogen (secondary N) is 2. The van der Waals surface area contributed by atoms with Crippen molar-refractivity contribution in [2.24, 2.45) is 0 Å². The van der Waals surface area contributed by atoms with Crippen LogP contribution in [0.5, 0.6) is 11.5 Å².